The summed E-state index contributed by atoms with van der Waals surface area (Å²) < 4.78 is 13.7. The molecule has 0 saturated heterocycles. The number of benzene rings is 1. The molecule has 110 valence electrons. The minimum atomic E-state index is 0.296. The zero-order valence-corrected chi connectivity index (χ0v) is 13.5. The molecule has 0 aliphatic rings. The molecule has 0 aliphatic heterocycles. The fraction of sp³-hybridized carbons (Fsp3) is 0.0714. The van der Waals surface area contributed by atoms with E-state index < -0.39 is 0 Å². The summed E-state index contributed by atoms with van der Waals surface area (Å²) in [5.41, 5.74) is 0. The summed E-state index contributed by atoms with van der Waals surface area (Å²) in [6.45, 7) is 0.296. The van der Waals surface area contributed by atoms with E-state index in [4.69, 9.17) is 9.15 Å². The lowest BCUT2D eigenvalue weighted by atomic mass is 10.3. The second kappa shape index (κ2) is 5.54. The van der Waals surface area contributed by atoms with E-state index in [0.29, 0.717) is 17.4 Å². The SMILES string of the molecule is Brc1ccc(OCc2nnc3sc(-c4ccco4)nn23)cc1. The van der Waals surface area contributed by atoms with Gasteiger partial charge in [-0.2, -0.15) is 4.52 Å². The molecular weight excluding hydrogens is 368 g/mol. The summed E-state index contributed by atoms with van der Waals surface area (Å²) in [4.78, 5) is 0.709. The fourth-order valence-electron chi connectivity index (χ4n) is 1.93. The largest absolute Gasteiger partial charge is 0.486 e. The van der Waals surface area contributed by atoms with Crippen LogP contribution < -0.4 is 4.74 Å². The Hall–Kier alpha value is -2.19. The quantitative estimate of drug-likeness (QED) is 0.542. The molecule has 0 aliphatic carbocycles. The average Bonchev–Trinajstić information content (AvgIpc) is 3.23. The summed E-state index contributed by atoms with van der Waals surface area (Å²) in [7, 11) is 0. The van der Waals surface area contributed by atoms with Gasteiger partial charge in [0.15, 0.2) is 16.6 Å². The molecule has 4 rings (SSSR count). The van der Waals surface area contributed by atoms with E-state index in [0.717, 1.165) is 21.0 Å². The van der Waals surface area contributed by atoms with Crippen molar-refractivity contribution in [2.24, 2.45) is 0 Å². The highest BCUT2D eigenvalue weighted by Crippen LogP contribution is 2.26. The van der Waals surface area contributed by atoms with Crippen molar-refractivity contribution in [3.63, 3.8) is 0 Å². The number of aromatic nitrogens is 4. The van der Waals surface area contributed by atoms with Crippen LogP contribution in [0.2, 0.25) is 0 Å². The number of halogens is 1. The van der Waals surface area contributed by atoms with Crippen molar-refractivity contribution in [2.45, 2.75) is 6.61 Å². The Labute approximate surface area is 137 Å². The topological polar surface area (TPSA) is 65.5 Å². The van der Waals surface area contributed by atoms with Gasteiger partial charge in [0.1, 0.15) is 12.4 Å². The number of hydrogen-bond acceptors (Lipinski definition) is 6. The van der Waals surface area contributed by atoms with E-state index in [1.165, 1.54) is 11.3 Å². The molecule has 22 heavy (non-hydrogen) atoms. The Morgan fingerprint density at radius 2 is 2.05 bits per heavy atom. The molecule has 0 saturated carbocycles. The van der Waals surface area contributed by atoms with Crippen molar-refractivity contribution in [1.82, 2.24) is 19.8 Å². The molecule has 0 unspecified atom stereocenters. The predicted molar refractivity (Wildman–Crippen MR) is 84.8 cm³/mol. The highest BCUT2D eigenvalue weighted by atomic mass is 79.9. The van der Waals surface area contributed by atoms with E-state index in [9.17, 15) is 0 Å². The normalized spacial score (nSPS) is 11.1. The van der Waals surface area contributed by atoms with Crippen LogP contribution in [-0.4, -0.2) is 19.8 Å². The summed E-state index contributed by atoms with van der Waals surface area (Å²) in [6, 6.07) is 11.3. The second-order valence-electron chi connectivity index (χ2n) is 4.44. The van der Waals surface area contributed by atoms with Crippen molar-refractivity contribution in [3.8, 4) is 16.5 Å². The van der Waals surface area contributed by atoms with Gasteiger partial charge in [0.25, 0.3) is 0 Å². The van der Waals surface area contributed by atoms with E-state index in [1.807, 2.05) is 36.4 Å². The van der Waals surface area contributed by atoms with Gasteiger partial charge in [0.05, 0.1) is 6.26 Å². The number of furan rings is 1. The van der Waals surface area contributed by atoms with Crippen LogP contribution in [0.4, 0.5) is 0 Å². The average molecular weight is 377 g/mol. The van der Waals surface area contributed by atoms with Gasteiger partial charge in [-0.15, -0.1) is 15.3 Å². The molecule has 8 heteroatoms. The Morgan fingerprint density at radius 3 is 2.82 bits per heavy atom. The van der Waals surface area contributed by atoms with Gasteiger partial charge in [-0.1, -0.05) is 27.3 Å². The molecule has 3 heterocycles. The first kappa shape index (κ1) is 13.5. The van der Waals surface area contributed by atoms with Gasteiger partial charge >= 0.3 is 0 Å². The zero-order chi connectivity index (χ0) is 14.9. The van der Waals surface area contributed by atoms with Gasteiger partial charge < -0.3 is 9.15 Å². The minimum Gasteiger partial charge on any atom is -0.486 e. The third-order valence-corrected chi connectivity index (χ3v) is 4.41. The molecule has 0 spiro atoms. The molecule has 3 aromatic heterocycles. The van der Waals surface area contributed by atoms with Crippen molar-refractivity contribution in [3.05, 3.63) is 53.0 Å². The molecule has 6 nitrogen and oxygen atoms in total. The molecule has 0 atom stereocenters. The van der Waals surface area contributed by atoms with E-state index in [2.05, 4.69) is 31.2 Å². The molecular formula is C14H9BrN4O2S. The molecule has 0 bridgehead atoms. The predicted octanol–water partition coefficient (Wildman–Crippen LogP) is 3.79. The summed E-state index contributed by atoms with van der Waals surface area (Å²) in [5, 5.41) is 13.5. The number of hydrogen-bond donors (Lipinski definition) is 0. The van der Waals surface area contributed by atoms with Crippen molar-refractivity contribution in [2.75, 3.05) is 0 Å². The first-order chi connectivity index (χ1) is 10.8. The van der Waals surface area contributed by atoms with Crippen LogP contribution in [0.15, 0.2) is 51.6 Å². The third kappa shape index (κ3) is 2.51. The van der Waals surface area contributed by atoms with Crippen LogP contribution in [0.25, 0.3) is 15.7 Å². The molecule has 1 aromatic carbocycles. The van der Waals surface area contributed by atoms with Crippen molar-refractivity contribution in [1.29, 1.82) is 0 Å². The van der Waals surface area contributed by atoms with Gasteiger partial charge in [0.2, 0.25) is 4.96 Å². The van der Waals surface area contributed by atoms with Gasteiger partial charge in [-0.05, 0) is 36.4 Å². The number of nitrogens with zero attached hydrogens (tertiary/aromatic N) is 4. The standard InChI is InChI=1S/C14H9BrN4O2S/c15-9-3-5-10(6-4-9)21-8-12-16-17-14-19(12)18-13(22-14)11-2-1-7-20-11/h1-7H,8H2. The van der Waals surface area contributed by atoms with Gasteiger partial charge in [-0.3, -0.25) is 0 Å². The lowest BCUT2D eigenvalue weighted by Crippen LogP contribution is -2.02. The third-order valence-electron chi connectivity index (χ3n) is 2.97. The lowest BCUT2D eigenvalue weighted by molar-refractivity contribution is 0.292. The fourth-order valence-corrected chi connectivity index (χ4v) is 3.02. The summed E-state index contributed by atoms with van der Waals surface area (Å²) in [6.07, 6.45) is 1.62. The van der Waals surface area contributed by atoms with Crippen LogP contribution >= 0.6 is 27.3 Å². The molecule has 0 amide bonds. The van der Waals surface area contributed by atoms with Crippen LogP contribution in [0.3, 0.4) is 0 Å². The maximum Gasteiger partial charge on any atom is 0.235 e. The highest BCUT2D eigenvalue weighted by molar-refractivity contribution is 9.10. The highest BCUT2D eigenvalue weighted by Gasteiger charge is 2.14. The first-order valence-electron chi connectivity index (χ1n) is 6.43. The Balaban J connectivity index is 1.58. The Morgan fingerprint density at radius 1 is 1.18 bits per heavy atom. The smallest absolute Gasteiger partial charge is 0.235 e. The molecule has 0 radical (unpaired) electrons. The Kier molecular flexibility index (Phi) is 3.39. The van der Waals surface area contributed by atoms with Crippen molar-refractivity contribution >= 4 is 32.2 Å². The molecule has 4 aromatic rings. The maximum absolute atomic E-state index is 5.71. The number of rotatable bonds is 4. The maximum atomic E-state index is 5.71. The van der Waals surface area contributed by atoms with E-state index in [-0.39, 0.29) is 0 Å². The van der Waals surface area contributed by atoms with Gasteiger partial charge in [0, 0.05) is 4.47 Å². The number of fused-ring (bicyclic) bond motifs is 1. The van der Waals surface area contributed by atoms with E-state index >= 15 is 0 Å². The van der Waals surface area contributed by atoms with Crippen LogP contribution in [0.5, 0.6) is 5.75 Å². The van der Waals surface area contributed by atoms with Crippen LogP contribution in [0.1, 0.15) is 5.82 Å². The molecule has 0 N–H and O–H groups in total. The number of ether oxygens (including phenoxy) is 1. The van der Waals surface area contributed by atoms with Crippen LogP contribution in [0, 0.1) is 0 Å². The van der Waals surface area contributed by atoms with Crippen LogP contribution in [-0.2, 0) is 6.61 Å². The first-order valence-corrected chi connectivity index (χ1v) is 8.04. The Bertz CT molecular complexity index is 899. The summed E-state index contributed by atoms with van der Waals surface area (Å²) >= 11 is 4.81. The zero-order valence-electron chi connectivity index (χ0n) is 11.1. The van der Waals surface area contributed by atoms with Crippen molar-refractivity contribution < 1.29 is 9.15 Å². The minimum absolute atomic E-state index is 0.296. The summed E-state index contributed by atoms with van der Waals surface area (Å²) in [5.74, 6) is 2.13. The monoisotopic (exact) mass is 376 g/mol. The second-order valence-corrected chi connectivity index (χ2v) is 6.31. The van der Waals surface area contributed by atoms with E-state index in [1.54, 1.807) is 10.8 Å². The van der Waals surface area contributed by atoms with Gasteiger partial charge in [-0.25, -0.2) is 0 Å². The lowest BCUT2D eigenvalue weighted by Gasteiger charge is -2.03. The molecule has 0 fully saturated rings.